The number of benzene rings is 1. The minimum atomic E-state index is -1.00. The number of imide groups is 1. The number of amides is 4. The number of halogens is 1. The Morgan fingerprint density at radius 3 is 2.58 bits per heavy atom. The number of anilines is 1. The van der Waals surface area contributed by atoms with E-state index in [-0.39, 0.29) is 6.54 Å². The molecule has 0 radical (unpaired) electrons. The first-order chi connectivity index (χ1) is 12.3. The molecule has 0 aliphatic carbocycles. The highest BCUT2D eigenvalue weighted by atomic mass is 79.9. The molecule has 4 amide bonds. The Morgan fingerprint density at radius 2 is 1.96 bits per heavy atom. The molecule has 2 aliphatic rings. The first kappa shape index (κ1) is 18.3. The maximum Gasteiger partial charge on any atom is 0.344 e. The van der Waals surface area contributed by atoms with Crippen LogP contribution in [0.15, 0.2) is 16.6 Å². The number of carbonyl (C=O) groups is 3. The van der Waals surface area contributed by atoms with Gasteiger partial charge >= 0.3 is 6.03 Å². The fourth-order valence-corrected chi connectivity index (χ4v) is 3.03. The number of urea groups is 1. The Morgan fingerprint density at radius 1 is 1.31 bits per heavy atom. The predicted octanol–water partition coefficient (Wildman–Crippen LogP) is 1.38. The predicted molar refractivity (Wildman–Crippen MR) is 95.8 cm³/mol. The highest BCUT2D eigenvalue weighted by molar-refractivity contribution is 9.10. The molecule has 2 heterocycles. The summed E-state index contributed by atoms with van der Waals surface area (Å²) < 4.78 is 11.7. The van der Waals surface area contributed by atoms with E-state index in [9.17, 15) is 14.4 Å². The molecule has 1 unspecified atom stereocenters. The number of nitrogens with zero attached hydrogens (tertiary/aromatic N) is 1. The van der Waals surface area contributed by atoms with Crippen molar-refractivity contribution in [2.24, 2.45) is 0 Å². The summed E-state index contributed by atoms with van der Waals surface area (Å²) in [5.41, 5.74) is 1.94. The number of hydrogen-bond acceptors (Lipinski definition) is 6. The van der Waals surface area contributed by atoms with Gasteiger partial charge in [-0.25, -0.2) is 4.79 Å². The van der Waals surface area contributed by atoms with Gasteiger partial charge in [0.15, 0.2) is 11.5 Å². The van der Waals surface area contributed by atoms with Gasteiger partial charge in [0.25, 0.3) is 11.8 Å². The number of hydrazine groups is 1. The van der Waals surface area contributed by atoms with E-state index in [2.05, 4.69) is 32.0 Å². The SMILES string of the molecule is CCC1(C)NC(=O)N(NC(=O)CNc2cc3c(cc2Br)OCCO3)C1=O. The van der Waals surface area contributed by atoms with Crippen LogP contribution in [0.4, 0.5) is 10.5 Å². The second-order valence-corrected chi connectivity index (χ2v) is 6.97. The van der Waals surface area contributed by atoms with Crippen molar-refractivity contribution in [3.05, 3.63) is 16.6 Å². The summed E-state index contributed by atoms with van der Waals surface area (Å²) in [6.45, 7) is 4.20. The van der Waals surface area contributed by atoms with E-state index in [0.717, 1.165) is 0 Å². The molecule has 0 bridgehead atoms. The molecule has 26 heavy (non-hydrogen) atoms. The maximum absolute atomic E-state index is 12.3. The van der Waals surface area contributed by atoms with Gasteiger partial charge in [-0.05, 0) is 29.3 Å². The van der Waals surface area contributed by atoms with Gasteiger partial charge in [0, 0.05) is 16.6 Å². The molecular weight excluding hydrogens is 408 g/mol. The topological polar surface area (TPSA) is 109 Å². The molecule has 10 heteroatoms. The lowest BCUT2D eigenvalue weighted by Crippen LogP contribution is -2.50. The first-order valence-corrected chi connectivity index (χ1v) is 8.92. The summed E-state index contributed by atoms with van der Waals surface area (Å²) in [6, 6.07) is 2.82. The molecule has 1 aromatic rings. The lowest BCUT2D eigenvalue weighted by Gasteiger charge is -2.21. The third-order valence-electron chi connectivity index (χ3n) is 4.28. The lowest BCUT2D eigenvalue weighted by atomic mass is 10.00. The van der Waals surface area contributed by atoms with E-state index < -0.39 is 23.4 Å². The van der Waals surface area contributed by atoms with E-state index in [1.54, 1.807) is 26.0 Å². The number of rotatable bonds is 5. The highest BCUT2D eigenvalue weighted by Gasteiger charge is 2.47. The number of carbonyl (C=O) groups excluding carboxylic acids is 3. The normalized spacial score (nSPS) is 21.4. The zero-order chi connectivity index (χ0) is 18.9. The van der Waals surface area contributed by atoms with Crippen molar-refractivity contribution in [1.29, 1.82) is 0 Å². The van der Waals surface area contributed by atoms with Crippen molar-refractivity contribution in [2.45, 2.75) is 25.8 Å². The average molecular weight is 427 g/mol. The Labute approximate surface area is 158 Å². The Balaban J connectivity index is 1.61. The van der Waals surface area contributed by atoms with Crippen LogP contribution in [0.25, 0.3) is 0 Å². The van der Waals surface area contributed by atoms with Crippen LogP contribution in [0.3, 0.4) is 0 Å². The van der Waals surface area contributed by atoms with Gasteiger partial charge in [-0.2, -0.15) is 5.01 Å². The summed E-state index contributed by atoms with van der Waals surface area (Å²) in [4.78, 5) is 36.3. The van der Waals surface area contributed by atoms with Gasteiger partial charge in [0.05, 0.1) is 12.2 Å². The van der Waals surface area contributed by atoms with Crippen molar-refractivity contribution in [1.82, 2.24) is 15.8 Å². The third-order valence-corrected chi connectivity index (χ3v) is 4.93. The smallest absolute Gasteiger partial charge is 0.344 e. The molecule has 3 rings (SSSR count). The van der Waals surface area contributed by atoms with Crippen molar-refractivity contribution in [3.63, 3.8) is 0 Å². The largest absolute Gasteiger partial charge is 0.486 e. The van der Waals surface area contributed by atoms with Crippen LogP contribution in [0, 0.1) is 0 Å². The summed E-state index contributed by atoms with van der Waals surface area (Å²) in [6.07, 6.45) is 0.423. The monoisotopic (exact) mass is 426 g/mol. The summed E-state index contributed by atoms with van der Waals surface area (Å²) in [5.74, 6) is 0.181. The number of fused-ring (bicyclic) bond motifs is 1. The standard InChI is InChI=1S/C16H19BrN4O5/c1-3-16(2)14(23)21(15(24)19-16)20-13(22)8-18-10-7-12-11(6-9(10)17)25-4-5-26-12/h6-7,18H,3-5,8H2,1-2H3,(H,19,24)(H,20,22). The van der Waals surface area contributed by atoms with Crippen LogP contribution in [-0.4, -0.2) is 48.2 Å². The zero-order valence-corrected chi connectivity index (χ0v) is 15.9. The molecule has 1 saturated heterocycles. The van der Waals surface area contributed by atoms with Crippen molar-refractivity contribution >= 4 is 39.5 Å². The second-order valence-electron chi connectivity index (χ2n) is 6.12. The van der Waals surface area contributed by atoms with E-state index in [1.807, 2.05) is 0 Å². The Hall–Kier alpha value is -2.49. The second kappa shape index (κ2) is 7.02. The van der Waals surface area contributed by atoms with Gasteiger partial charge < -0.3 is 20.1 Å². The number of ether oxygens (including phenoxy) is 2. The molecular formula is C16H19BrN4O5. The molecule has 140 valence electrons. The Bertz CT molecular complexity index is 771. The summed E-state index contributed by atoms with van der Waals surface area (Å²) >= 11 is 3.40. The van der Waals surface area contributed by atoms with E-state index in [0.29, 0.717) is 46.3 Å². The number of nitrogens with one attached hydrogen (secondary N) is 3. The van der Waals surface area contributed by atoms with E-state index in [1.165, 1.54) is 0 Å². The van der Waals surface area contributed by atoms with Crippen molar-refractivity contribution < 1.29 is 23.9 Å². The molecule has 1 atom stereocenters. The highest BCUT2D eigenvalue weighted by Crippen LogP contribution is 2.38. The zero-order valence-electron chi connectivity index (χ0n) is 14.3. The van der Waals surface area contributed by atoms with Crippen molar-refractivity contribution in [2.75, 3.05) is 25.1 Å². The van der Waals surface area contributed by atoms with Gasteiger partial charge in [-0.1, -0.05) is 6.92 Å². The molecule has 2 aliphatic heterocycles. The van der Waals surface area contributed by atoms with Crippen LogP contribution in [0.5, 0.6) is 11.5 Å². The quantitative estimate of drug-likeness (QED) is 0.613. The number of hydrogen-bond donors (Lipinski definition) is 3. The maximum atomic E-state index is 12.3. The van der Waals surface area contributed by atoms with Crippen LogP contribution in [-0.2, 0) is 9.59 Å². The third kappa shape index (κ3) is 3.41. The molecule has 0 spiro atoms. The van der Waals surface area contributed by atoms with E-state index >= 15 is 0 Å². The molecule has 1 fully saturated rings. The summed E-state index contributed by atoms with van der Waals surface area (Å²) in [5, 5.41) is 6.22. The minimum Gasteiger partial charge on any atom is -0.486 e. The Kier molecular flexibility index (Phi) is 4.94. The van der Waals surface area contributed by atoms with Crippen LogP contribution in [0.2, 0.25) is 0 Å². The van der Waals surface area contributed by atoms with E-state index in [4.69, 9.17) is 9.47 Å². The van der Waals surface area contributed by atoms with Gasteiger partial charge in [-0.15, -0.1) is 0 Å². The fourth-order valence-electron chi connectivity index (χ4n) is 2.56. The van der Waals surface area contributed by atoms with Crippen LogP contribution in [0.1, 0.15) is 20.3 Å². The first-order valence-electron chi connectivity index (χ1n) is 8.13. The molecule has 0 saturated carbocycles. The van der Waals surface area contributed by atoms with Gasteiger partial charge in [-0.3, -0.25) is 15.0 Å². The van der Waals surface area contributed by atoms with Crippen molar-refractivity contribution in [3.8, 4) is 11.5 Å². The lowest BCUT2D eigenvalue weighted by molar-refractivity contribution is -0.138. The van der Waals surface area contributed by atoms with Gasteiger partial charge in [0.1, 0.15) is 18.8 Å². The molecule has 0 aromatic heterocycles. The van der Waals surface area contributed by atoms with Gasteiger partial charge in [0.2, 0.25) is 0 Å². The summed E-state index contributed by atoms with van der Waals surface area (Å²) in [7, 11) is 0. The molecule has 9 nitrogen and oxygen atoms in total. The van der Waals surface area contributed by atoms with Crippen LogP contribution >= 0.6 is 15.9 Å². The fraction of sp³-hybridized carbons (Fsp3) is 0.438. The molecule has 3 N–H and O–H groups in total. The van der Waals surface area contributed by atoms with Crippen LogP contribution < -0.4 is 25.5 Å². The minimum absolute atomic E-state index is 0.141. The average Bonchev–Trinajstić information content (AvgIpc) is 2.83. The molecule has 1 aromatic carbocycles.